The van der Waals surface area contributed by atoms with Gasteiger partial charge in [-0.15, -0.1) is 11.6 Å². The Morgan fingerprint density at radius 3 is 2.52 bits per heavy atom. The van der Waals surface area contributed by atoms with Gasteiger partial charge in [-0.05, 0) is 25.0 Å². The normalized spacial score (nSPS) is 11.2. The highest BCUT2D eigenvalue weighted by Gasteiger charge is 2.33. The van der Waals surface area contributed by atoms with Crippen molar-refractivity contribution in [2.24, 2.45) is 0 Å². The Balaban J connectivity index is 2.92. The van der Waals surface area contributed by atoms with E-state index in [0.717, 1.165) is 6.07 Å². The zero-order chi connectivity index (χ0) is 16.0. The minimum absolute atomic E-state index is 0.0882. The van der Waals surface area contributed by atoms with Gasteiger partial charge in [0, 0.05) is 18.4 Å². The maximum atomic E-state index is 12.5. The van der Waals surface area contributed by atoms with Crippen LogP contribution in [0.4, 0.5) is 24.5 Å². The number of hydrogen-bond donors (Lipinski definition) is 1. The van der Waals surface area contributed by atoms with Gasteiger partial charge < -0.3 is 5.32 Å². The molecule has 1 aromatic carbocycles. The van der Waals surface area contributed by atoms with Gasteiger partial charge in [0.1, 0.15) is 5.69 Å². The predicted molar refractivity (Wildman–Crippen MR) is 71.3 cm³/mol. The Hall–Kier alpha value is -1.83. The van der Waals surface area contributed by atoms with Gasteiger partial charge in [0.25, 0.3) is 5.69 Å². The number of unbranched alkanes of at least 4 members (excludes halogenated alkanes) is 1. The van der Waals surface area contributed by atoms with Crippen LogP contribution in [0.5, 0.6) is 0 Å². The molecule has 0 aromatic heterocycles. The van der Waals surface area contributed by atoms with E-state index in [2.05, 4.69) is 5.32 Å². The number of nitro benzene ring substituents is 1. The van der Waals surface area contributed by atoms with E-state index in [1.807, 2.05) is 0 Å². The van der Waals surface area contributed by atoms with E-state index in [1.54, 1.807) is 0 Å². The first-order valence-electron chi connectivity index (χ1n) is 5.97. The summed E-state index contributed by atoms with van der Waals surface area (Å²) in [7, 11) is 0. The monoisotopic (exact) mass is 324 g/mol. The van der Waals surface area contributed by atoms with Gasteiger partial charge in [-0.25, -0.2) is 0 Å². The molecule has 1 aromatic rings. The van der Waals surface area contributed by atoms with Crippen LogP contribution < -0.4 is 5.32 Å². The number of amides is 1. The number of nitro groups is 1. The summed E-state index contributed by atoms with van der Waals surface area (Å²) in [5.74, 6) is -0.128. The largest absolute Gasteiger partial charge is 0.416 e. The molecule has 0 saturated carbocycles. The fourth-order valence-electron chi connectivity index (χ4n) is 1.56. The number of alkyl halides is 4. The third-order valence-corrected chi connectivity index (χ3v) is 2.85. The summed E-state index contributed by atoms with van der Waals surface area (Å²) in [6.07, 6.45) is -3.51. The predicted octanol–water partition coefficient (Wildman–Crippen LogP) is 3.96. The molecule has 1 N–H and O–H groups in total. The fourth-order valence-corrected chi connectivity index (χ4v) is 1.75. The minimum Gasteiger partial charge on any atom is -0.320 e. The average Bonchev–Trinajstić information content (AvgIpc) is 2.37. The molecule has 0 spiro atoms. The number of carbonyl (C=O) groups excluding carboxylic acids is 1. The highest BCUT2D eigenvalue weighted by molar-refractivity contribution is 6.17. The number of rotatable bonds is 6. The summed E-state index contributed by atoms with van der Waals surface area (Å²) in [5.41, 5.74) is -2.20. The Kier molecular flexibility index (Phi) is 5.95. The van der Waals surface area contributed by atoms with Crippen LogP contribution in [0.3, 0.4) is 0 Å². The van der Waals surface area contributed by atoms with Crippen LogP contribution in [0.25, 0.3) is 0 Å². The highest BCUT2D eigenvalue weighted by Crippen LogP contribution is 2.34. The maximum Gasteiger partial charge on any atom is 0.416 e. The molecule has 0 radical (unpaired) electrons. The molecule has 0 unspecified atom stereocenters. The van der Waals surface area contributed by atoms with Gasteiger partial charge in [-0.1, -0.05) is 0 Å². The van der Waals surface area contributed by atoms with E-state index in [9.17, 15) is 28.1 Å². The van der Waals surface area contributed by atoms with Crippen LogP contribution in [0.1, 0.15) is 24.8 Å². The Morgan fingerprint density at radius 1 is 1.33 bits per heavy atom. The molecule has 5 nitrogen and oxygen atoms in total. The molecule has 0 bridgehead atoms. The van der Waals surface area contributed by atoms with E-state index >= 15 is 0 Å². The van der Waals surface area contributed by atoms with E-state index in [-0.39, 0.29) is 12.1 Å². The van der Waals surface area contributed by atoms with Gasteiger partial charge in [0.15, 0.2) is 0 Å². The average molecular weight is 325 g/mol. The lowest BCUT2D eigenvalue weighted by Crippen LogP contribution is -2.13. The van der Waals surface area contributed by atoms with Crippen LogP contribution in [-0.2, 0) is 11.0 Å². The lowest BCUT2D eigenvalue weighted by atomic mass is 10.1. The van der Waals surface area contributed by atoms with E-state index in [0.29, 0.717) is 30.9 Å². The van der Waals surface area contributed by atoms with E-state index < -0.39 is 28.3 Å². The lowest BCUT2D eigenvalue weighted by Gasteiger charge is -2.09. The molecule has 0 fully saturated rings. The molecular weight excluding hydrogens is 313 g/mol. The topological polar surface area (TPSA) is 72.2 Å². The first kappa shape index (κ1) is 17.2. The van der Waals surface area contributed by atoms with Crippen molar-refractivity contribution < 1.29 is 22.9 Å². The van der Waals surface area contributed by atoms with Gasteiger partial charge in [-0.3, -0.25) is 14.9 Å². The van der Waals surface area contributed by atoms with Crippen LogP contribution in [0.2, 0.25) is 0 Å². The standard InChI is InChI=1S/C12H12ClF3N2O3/c13-6-2-1-3-11(19)17-9-5-4-8(12(14,15)16)7-10(9)18(20)21/h4-5,7H,1-3,6H2,(H,17,19). The highest BCUT2D eigenvalue weighted by atomic mass is 35.5. The summed E-state index contributed by atoms with van der Waals surface area (Å²) < 4.78 is 37.5. The molecule has 0 aliphatic rings. The van der Waals surface area contributed by atoms with E-state index in [4.69, 9.17) is 11.6 Å². The second-order valence-electron chi connectivity index (χ2n) is 4.18. The minimum atomic E-state index is -4.69. The Bertz CT molecular complexity index is 535. The fraction of sp³-hybridized carbons (Fsp3) is 0.417. The number of halogens is 4. The van der Waals surface area contributed by atoms with Gasteiger partial charge in [0.05, 0.1) is 10.5 Å². The van der Waals surface area contributed by atoms with Crippen molar-refractivity contribution in [2.75, 3.05) is 11.2 Å². The molecule has 1 rings (SSSR count). The Labute approximate surface area is 123 Å². The molecule has 21 heavy (non-hydrogen) atoms. The van der Waals surface area contributed by atoms with E-state index in [1.165, 1.54) is 0 Å². The lowest BCUT2D eigenvalue weighted by molar-refractivity contribution is -0.384. The van der Waals surface area contributed by atoms with Crippen molar-refractivity contribution >= 4 is 28.9 Å². The van der Waals surface area contributed by atoms with Crippen LogP contribution in [0.15, 0.2) is 18.2 Å². The van der Waals surface area contributed by atoms with Gasteiger partial charge in [-0.2, -0.15) is 13.2 Å². The number of hydrogen-bond acceptors (Lipinski definition) is 3. The molecule has 9 heteroatoms. The zero-order valence-corrected chi connectivity index (χ0v) is 11.5. The summed E-state index contributed by atoms with van der Waals surface area (Å²) in [6, 6.07) is 1.95. The van der Waals surface area contributed by atoms with Crippen LogP contribution in [0, 0.1) is 10.1 Å². The number of nitrogens with one attached hydrogen (secondary N) is 1. The molecule has 0 atom stereocenters. The summed E-state index contributed by atoms with van der Waals surface area (Å²) >= 11 is 5.44. The number of nitrogens with zero attached hydrogens (tertiary/aromatic N) is 1. The van der Waals surface area contributed by atoms with Crippen LogP contribution >= 0.6 is 11.6 Å². The second-order valence-corrected chi connectivity index (χ2v) is 4.56. The summed E-state index contributed by atoms with van der Waals surface area (Å²) in [6.45, 7) is 0. The summed E-state index contributed by atoms with van der Waals surface area (Å²) in [4.78, 5) is 21.4. The zero-order valence-electron chi connectivity index (χ0n) is 10.7. The van der Waals surface area contributed by atoms with Crippen molar-refractivity contribution in [2.45, 2.75) is 25.4 Å². The molecule has 0 aliphatic heterocycles. The quantitative estimate of drug-likeness (QED) is 0.372. The smallest absolute Gasteiger partial charge is 0.320 e. The SMILES string of the molecule is O=C(CCCCCl)Nc1ccc(C(F)(F)F)cc1[N+](=O)[O-]. The Morgan fingerprint density at radius 2 is 2.00 bits per heavy atom. The maximum absolute atomic E-state index is 12.5. The van der Waals surface area contributed by atoms with Crippen molar-refractivity contribution in [1.29, 1.82) is 0 Å². The molecule has 0 aliphatic carbocycles. The first-order chi connectivity index (χ1) is 9.75. The number of benzene rings is 1. The third kappa shape index (κ3) is 5.22. The third-order valence-electron chi connectivity index (χ3n) is 2.58. The number of anilines is 1. The summed E-state index contributed by atoms with van der Waals surface area (Å²) in [5, 5.41) is 13.1. The van der Waals surface area contributed by atoms with Crippen molar-refractivity contribution in [3.8, 4) is 0 Å². The van der Waals surface area contributed by atoms with Crippen molar-refractivity contribution in [1.82, 2.24) is 0 Å². The molecule has 116 valence electrons. The molecule has 0 saturated heterocycles. The van der Waals surface area contributed by atoms with Gasteiger partial charge >= 0.3 is 6.18 Å². The van der Waals surface area contributed by atoms with Crippen molar-refractivity contribution in [3.05, 3.63) is 33.9 Å². The molecular formula is C12H12ClF3N2O3. The second kappa shape index (κ2) is 7.26. The first-order valence-corrected chi connectivity index (χ1v) is 6.50. The van der Waals surface area contributed by atoms with Crippen LogP contribution in [-0.4, -0.2) is 16.7 Å². The number of carbonyl (C=O) groups is 1. The molecule has 0 heterocycles. The van der Waals surface area contributed by atoms with Crippen molar-refractivity contribution in [3.63, 3.8) is 0 Å². The van der Waals surface area contributed by atoms with Gasteiger partial charge in [0.2, 0.25) is 5.91 Å². The molecule has 1 amide bonds.